The third-order valence-electron chi connectivity index (χ3n) is 8.87. The molecular weight excluding hydrogens is 609 g/mol. The molecule has 0 radical (unpaired) electrons. The number of anilines is 1. The second-order valence-electron chi connectivity index (χ2n) is 12.2. The molecule has 8 nitrogen and oxygen atoms in total. The number of hydrogen-bond donors (Lipinski definition) is 1. The van der Waals surface area contributed by atoms with Gasteiger partial charge in [-0.15, -0.1) is 0 Å². The molecule has 0 amide bonds. The van der Waals surface area contributed by atoms with Crippen molar-refractivity contribution in [2.75, 3.05) is 33.2 Å². The van der Waals surface area contributed by atoms with Crippen LogP contribution in [-0.2, 0) is 17.7 Å². The molecule has 0 atom stereocenters. The molecule has 0 unspecified atom stereocenters. The summed E-state index contributed by atoms with van der Waals surface area (Å²) in [6, 6.07) is 19.8. The van der Waals surface area contributed by atoms with Crippen LogP contribution in [0.4, 0.5) is 10.2 Å². The van der Waals surface area contributed by atoms with Crippen LogP contribution in [0.5, 0.6) is 11.5 Å². The van der Waals surface area contributed by atoms with Gasteiger partial charge in [0.05, 0.1) is 19.8 Å². The highest BCUT2D eigenvalue weighted by Gasteiger charge is 2.21. The average Bonchev–Trinajstić information content (AvgIpc) is 3.10. The Bertz CT molecular complexity index is 2020. The van der Waals surface area contributed by atoms with Gasteiger partial charge in [-0.3, -0.25) is 9.59 Å². The minimum atomic E-state index is -0.492. The van der Waals surface area contributed by atoms with Gasteiger partial charge in [0.1, 0.15) is 11.6 Å². The van der Waals surface area contributed by atoms with E-state index in [-0.39, 0.29) is 28.9 Å². The van der Waals surface area contributed by atoms with Crippen LogP contribution in [0.1, 0.15) is 34.3 Å². The molecule has 1 saturated heterocycles. The first-order chi connectivity index (χ1) is 23.2. The standard InChI is InChI=1S/C39H38FN3O5/c1-24-4-10-30(34(40)16-24)32-22-43(21-26-12-14-48-15-13-26)23-33(38(32)45)35(44)17-25-5-7-27(8-6-25)31-18-29(20-42-39(31)41)28-9-11-36(46-2)37(19-28)47-3/h4-11,16,18-20,22-23,26H,12-15,17,21H2,1-3H3,(H2,41,42). The van der Waals surface area contributed by atoms with Crippen molar-refractivity contribution < 1.29 is 23.4 Å². The highest BCUT2D eigenvalue weighted by atomic mass is 19.1. The Morgan fingerprint density at radius 1 is 0.896 bits per heavy atom. The number of ketones is 1. The summed E-state index contributed by atoms with van der Waals surface area (Å²) in [5.74, 6) is 1.11. The van der Waals surface area contributed by atoms with Crippen molar-refractivity contribution in [2.45, 2.75) is 32.7 Å². The van der Waals surface area contributed by atoms with E-state index in [9.17, 15) is 9.59 Å². The summed E-state index contributed by atoms with van der Waals surface area (Å²) < 4.78 is 33.3. The van der Waals surface area contributed by atoms with Gasteiger partial charge in [0, 0.05) is 67.0 Å². The lowest BCUT2D eigenvalue weighted by Gasteiger charge is -2.23. The van der Waals surface area contributed by atoms with E-state index in [1.165, 1.54) is 6.07 Å². The molecule has 0 spiro atoms. The second kappa shape index (κ2) is 14.2. The zero-order valence-corrected chi connectivity index (χ0v) is 27.3. The molecule has 48 heavy (non-hydrogen) atoms. The number of nitrogens with zero attached hydrogens (tertiary/aromatic N) is 2. The number of rotatable bonds is 10. The maximum absolute atomic E-state index is 15.1. The number of aromatic nitrogens is 2. The molecule has 2 N–H and O–H groups in total. The number of carbonyl (C=O) groups is 1. The quantitative estimate of drug-likeness (QED) is 0.161. The molecule has 3 heterocycles. The summed E-state index contributed by atoms with van der Waals surface area (Å²) in [4.78, 5) is 31.9. The van der Waals surface area contributed by atoms with Crippen LogP contribution >= 0.6 is 0 Å². The minimum absolute atomic E-state index is 0.00599. The Kier molecular flexibility index (Phi) is 9.68. The number of aryl methyl sites for hydroxylation is 1. The topological polar surface area (TPSA) is 106 Å². The largest absolute Gasteiger partial charge is 0.493 e. The summed E-state index contributed by atoms with van der Waals surface area (Å²) in [6.45, 7) is 3.75. The van der Waals surface area contributed by atoms with Crippen LogP contribution in [0.3, 0.4) is 0 Å². The van der Waals surface area contributed by atoms with E-state index in [0.717, 1.165) is 46.2 Å². The molecule has 9 heteroatoms. The number of halogens is 1. The Balaban J connectivity index is 1.28. The average molecular weight is 648 g/mol. The molecular formula is C39H38FN3O5. The lowest BCUT2D eigenvalue weighted by Crippen LogP contribution is -2.25. The van der Waals surface area contributed by atoms with Crippen molar-refractivity contribution in [1.82, 2.24) is 9.55 Å². The first kappa shape index (κ1) is 32.7. The number of benzene rings is 3. The van der Waals surface area contributed by atoms with E-state index >= 15 is 4.39 Å². The van der Waals surface area contributed by atoms with E-state index in [4.69, 9.17) is 19.9 Å². The van der Waals surface area contributed by atoms with Crippen molar-refractivity contribution in [3.05, 3.63) is 118 Å². The summed E-state index contributed by atoms with van der Waals surface area (Å²) in [5.41, 5.74) is 11.0. The Labute approximate surface area is 278 Å². The van der Waals surface area contributed by atoms with Crippen molar-refractivity contribution in [3.63, 3.8) is 0 Å². The van der Waals surface area contributed by atoms with Crippen LogP contribution < -0.4 is 20.6 Å². The Morgan fingerprint density at radius 3 is 2.33 bits per heavy atom. The van der Waals surface area contributed by atoms with E-state index in [0.29, 0.717) is 43.0 Å². The van der Waals surface area contributed by atoms with Crippen LogP contribution in [0.25, 0.3) is 33.4 Å². The van der Waals surface area contributed by atoms with Crippen molar-refractivity contribution in [1.29, 1.82) is 0 Å². The van der Waals surface area contributed by atoms with E-state index in [2.05, 4.69) is 4.98 Å². The zero-order chi connectivity index (χ0) is 33.8. The monoisotopic (exact) mass is 647 g/mol. The van der Waals surface area contributed by atoms with Crippen molar-refractivity contribution >= 4 is 11.6 Å². The summed E-state index contributed by atoms with van der Waals surface area (Å²) in [6.07, 6.45) is 6.77. The van der Waals surface area contributed by atoms with Crippen LogP contribution in [0, 0.1) is 18.7 Å². The van der Waals surface area contributed by atoms with Crippen molar-refractivity contribution in [2.24, 2.45) is 5.92 Å². The fourth-order valence-electron chi connectivity index (χ4n) is 6.16. The molecule has 0 bridgehead atoms. The molecule has 2 aromatic heterocycles. The molecule has 1 fully saturated rings. The maximum atomic E-state index is 15.1. The smallest absolute Gasteiger partial charge is 0.200 e. The second-order valence-corrected chi connectivity index (χ2v) is 12.2. The van der Waals surface area contributed by atoms with E-state index in [1.54, 1.807) is 51.9 Å². The Morgan fingerprint density at radius 2 is 1.62 bits per heavy atom. The number of carbonyl (C=O) groups excluding carboxylic acids is 1. The van der Waals surface area contributed by atoms with Crippen molar-refractivity contribution in [3.8, 4) is 44.9 Å². The third kappa shape index (κ3) is 7.01. The first-order valence-corrected chi connectivity index (χ1v) is 15.9. The zero-order valence-electron chi connectivity index (χ0n) is 27.3. The molecule has 1 aliphatic rings. The van der Waals surface area contributed by atoms with E-state index in [1.807, 2.05) is 53.1 Å². The van der Waals surface area contributed by atoms with Gasteiger partial charge in [0.15, 0.2) is 22.7 Å². The van der Waals surface area contributed by atoms with Crippen LogP contribution in [0.2, 0.25) is 0 Å². The number of pyridine rings is 2. The van der Waals surface area contributed by atoms with Crippen LogP contribution in [-0.4, -0.2) is 42.8 Å². The highest BCUT2D eigenvalue weighted by Crippen LogP contribution is 2.35. The predicted molar refractivity (Wildman–Crippen MR) is 185 cm³/mol. The molecule has 0 saturated carbocycles. The number of methoxy groups -OCH3 is 2. The van der Waals surface area contributed by atoms with Gasteiger partial charge >= 0.3 is 0 Å². The number of ether oxygens (including phenoxy) is 3. The molecule has 3 aromatic carbocycles. The maximum Gasteiger partial charge on any atom is 0.200 e. The molecule has 1 aliphatic heterocycles. The summed E-state index contributed by atoms with van der Waals surface area (Å²) in [5, 5.41) is 0. The summed E-state index contributed by atoms with van der Waals surface area (Å²) >= 11 is 0. The van der Waals surface area contributed by atoms with Crippen LogP contribution in [0.15, 0.2) is 90.1 Å². The number of hydrogen-bond acceptors (Lipinski definition) is 7. The molecule has 0 aliphatic carbocycles. The summed E-state index contributed by atoms with van der Waals surface area (Å²) in [7, 11) is 3.18. The lowest BCUT2D eigenvalue weighted by atomic mass is 9.96. The predicted octanol–water partition coefficient (Wildman–Crippen LogP) is 7.14. The minimum Gasteiger partial charge on any atom is -0.493 e. The number of nitrogen functional groups attached to an aromatic ring is 1. The number of Topliss-reactive ketones (excluding diaryl/α,β-unsaturated/α-hetero) is 1. The third-order valence-corrected chi connectivity index (χ3v) is 8.87. The van der Waals surface area contributed by atoms with Gasteiger partial charge < -0.3 is 24.5 Å². The molecule has 246 valence electrons. The lowest BCUT2D eigenvalue weighted by molar-refractivity contribution is 0.0612. The van der Waals surface area contributed by atoms with Gasteiger partial charge in [-0.1, -0.05) is 42.5 Å². The molecule has 5 aromatic rings. The highest BCUT2D eigenvalue weighted by molar-refractivity contribution is 5.98. The van der Waals surface area contributed by atoms with E-state index < -0.39 is 11.2 Å². The number of nitrogens with two attached hydrogens (primary N) is 1. The fourth-order valence-corrected chi connectivity index (χ4v) is 6.16. The van der Waals surface area contributed by atoms with Gasteiger partial charge in [-0.25, -0.2) is 9.37 Å². The van der Waals surface area contributed by atoms with Gasteiger partial charge in [-0.05, 0) is 72.2 Å². The van der Waals surface area contributed by atoms with Gasteiger partial charge in [0.25, 0.3) is 0 Å². The fraction of sp³-hybridized carbons (Fsp3) is 0.256. The Hall–Kier alpha value is -5.28. The first-order valence-electron chi connectivity index (χ1n) is 15.9. The van der Waals surface area contributed by atoms with Gasteiger partial charge in [0.2, 0.25) is 0 Å². The normalized spacial score (nSPS) is 13.3. The van der Waals surface area contributed by atoms with Gasteiger partial charge in [-0.2, -0.15) is 0 Å². The SMILES string of the molecule is COc1ccc(-c2cnc(N)c(-c3ccc(CC(=O)c4cn(CC5CCOCC5)cc(-c5ccc(C)cc5F)c4=O)cc3)c2)cc1OC. The molecule has 6 rings (SSSR count).